The van der Waals surface area contributed by atoms with Gasteiger partial charge in [-0.3, -0.25) is 4.79 Å². The van der Waals surface area contributed by atoms with Gasteiger partial charge in [-0.05, 0) is 24.6 Å². The van der Waals surface area contributed by atoms with Crippen molar-refractivity contribution in [1.29, 1.82) is 0 Å². The van der Waals surface area contributed by atoms with Crippen LogP contribution in [0.3, 0.4) is 0 Å². The first kappa shape index (κ1) is 14.2. The van der Waals surface area contributed by atoms with Crippen LogP contribution in [0.2, 0.25) is 0 Å². The highest BCUT2D eigenvalue weighted by atomic mass is 16.2. The van der Waals surface area contributed by atoms with Gasteiger partial charge >= 0.3 is 0 Å². The van der Waals surface area contributed by atoms with E-state index in [0.717, 1.165) is 22.9 Å². The van der Waals surface area contributed by atoms with Gasteiger partial charge in [-0.1, -0.05) is 25.1 Å². The highest BCUT2D eigenvalue weighted by Gasteiger charge is 2.13. The van der Waals surface area contributed by atoms with E-state index in [-0.39, 0.29) is 18.5 Å². The molecule has 0 radical (unpaired) electrons. The second-order valence-electron chi connectivity index (χ2n) is 5.27. The Morgan fingerprint density at radius 1 is 1.41 bits per heavy atom. The van der Waals surface area contributed by atoms with Gasteiger partial charge in [-0.2, -0.15) is 4.80 Å². The molecule has 3 aromatic rings. The standard InChI is InChI=1S/C15H18N6O/c1-3-10(2)17-14(22)9-21-19-15(18-20-21)12-8-16-13-7-5-4-6-11(12)13/h4-8,10,16H,3,9H2,1-2H3,(H,17,22)/t10-/m0/s1. The molecule has 0 unspecified atom stereocenters. The highest BCUT2D eigenvalue weighted by molar-refractivity contribution is 5.93. The molecule has 1 aromatic carbocycles. The van der Waals surface area contributed by atoms with E-state index in [4.69, 9.17) is 0 Å². The summed E-state index contributed by atoms with van der Waals surface area (Å²) in [6.07, 6.45) is 2.74. The van der Waals surface area contributed by atoms with Crippen molar-refractivity contribution in [2.24, 2.45) is 0 Å². The lowest BCUT2D eigenvalue weighted by Crippen LogP contribution is -2.35. The van der Waals surface area contributed by atoms with Crippen molar-refractivity contribution < 1.29 is 4.79 Å². The van der Waals surface area contributed by atoms with Gasteiger partial charge in [0.15, 0.2) is 0 Å². The lowest BCUT2D eigenvalue weighted by atomic mass is 10.2. The topological polar surface area (TPSA) is 88.5 Å². The number of nitrogens with one attached hydrogen (secondary N) is 2. The second kappa shape index (κ2) is 5.97. The molecule has 0 spiro atoms. The minimum Gasteiger partial charge on any atom is -0.360 e. The van der Waals surface area contributed by atoms with Gasteiger partial charge < -0.3 is 10.3 Å². The first-order valence-corrected chi connectivity index (χ1v) is 7.31. The lowest BCUT2D eigenvalue weighted by molar-refractivity contribution is -0.122. The zero-order valence-electron chi connectivity index (χ0n) is 12.6. The van der Waals surface area contributed by atoms with E-state index in [9.17, 15) is 4.79 Å². The van der Waals surface area contributed by atoms with E-state index < -0.39 is 0 Å². The predicted molar refractivity (Wildman–Crippen MR) is 83.0 cm³/mol. The van der Waals surface area contributed by atoms with Gasteiger partial charge in [0.05, 0.1) is 0 Å². The Balaban J connectivity index is 1.78. The highest BCUT2D eigenvalue weighted by Crippen LogP contribution is 2.24. The van der Waals surface area contributed by atoms with Crippen LogP contribution in [-0.4, -0.2) is 37.1 Å². The number of para-hydroxylation sites is 1. The predicted octanol–water partition coefficient (Wildman–Crippen LogP) is 1.74. The van der Waals surface area contributed by atoms with Gasteiger partial charge in [0.25, 0.3) is 0 Å². The van der Waals surface area contributed by atoms with Gasteiger partial charge in [0.2, 0.25) is 11.7 Å². The fourth-order valence-electron chi connectivity index (χ4n) is 2.23. The Bertz CT molecular complexity index is 790. The number of amides is 1. The van der Waals surface area contributed by atoms with Crippen LogP contribution < -0.4 is 5.32 Å². The number of benzene rings is 1. The monoisotopic (exact) mass is 298 g/mol. The summed E-state index contributed by atoms with van der Waals surface area (Å²) in [4.78, 5) is 16.3. The number of fused-ring (bicyclic) bond motifs is 1. The number of H-pyrrole nitrogens is 1. The number of hydrogen-bond donors (Lipinski definition) is 2. The minimum atomic E-state index is -0.114. The second-order valence-corrected chi connectivity index (χ2v) is 5.27. The molecular formula is C15H18N6O. The number of carbonyl (C=O) groups excluding carboxylic acids is 1. The zero-order chi connectivity index (χ0) is 15.5. The number of rotatable bonds is 5. The Kier molecular flexibility index (Phi) is 3.86. The molecule has 0 bridgehead atoms. The molecule has 0 aliphatic carbocycles. The Morgan fingerprint density at radius 2 is 2.23 bits per heavy atom. The summed E-state index contributed by atoms with van der Waals surface area (Å²) in [5, 5.41) is 16.2. The Labute approximate surface area is 127 Å². The summed E-state index contributed by atoms with van der Waals surface area (Å²) in [5.74, 6) is 0.394. The third-order valence-corrected chi connectivity index (χ3v) is 3.59. The lowest BCUT2D eigenvalue weighted by Gasteiger charge is -2.10. The quantitative estimate of drug-likeness (QED) is 0.751. The summed E-state index contributed by atoms with van der Waals surface area (Å²) in [6.45, 7) is 4.05. The van der Waals surface area contributed by atoms with E-state index in [1.807, 2.05) is 44.3 Å². The average Bonchev–Trinajstić information content (AvgIpc) is 3.13. The van der Waals surface area contributed by atoms with Crippen LogP contribution in [0.5, 0.6) is 0 Å². The summed E-state index contributed by atoms with van der Waals surface area (Å²) >= 11 is 0. The number of aromatic nitrogens is 5. The van der Waals surface area contributed by atoms with Crippen molar-refractivity contribution in [3.8, 4) is 11.4 Å². The molecule has 0 aliphatic rings. The van der Waals surface area contributed by atoms with Crippen molar-refractivity contribution in [2.75, 3.05) is 0 Å². The van der Waals surface area contributed by atoms with E-state index >= 15 is 0 Å². The van der Waals surface area contributed by atoms with Gasteiger partial charge in [0.1, 0.15) is 6.54 Å². The van der Waals surface area contributed by atoms with Crippen LogP contribution in [0.4, 0.5) is 0 Å². The average molecular weight is 298 g/mol. The number of aromatic amines is 1. The molecule has 0 fully saturated rings. The first-order valence-electron chi connectivity index (χ1n) is 7.31. The molecule has 114 valence electrons. The molecule has 1 amide bonds. The zero-order valence-corrected chi connectivity index (χ0v) is 12.6. The fraction of sp³-hybridized carbons (Fsp3) is 0.333. The molecular weight excluding hydrogens is 280 g/mol. The molecule has 7 heteroatoms. The maximum absolute atomic E-state index is 11.8. The fourth-order valence-corrected chi connectivity index (χ4v) is 2.23. The molecule has 2 N–H and O–H groups in total. The summed E-state index contributed by atoms with van der Waals surface area (Å²) < 4.78 is 0. The SMILES string of the molecule is CC[C@H](C)NC(=O)Cn1nnc(-c2c[nH]c3ccccc23)n1. The Morgan fingerprint density at radius 3 is 3.05 bits per heavy atom. The maximum Gasteiger partial charge on any atom is 0.243 e. The van der Waals surface area contributed by atoms with Gasteiger partial charge in [-0.25, -0.2) is 0 Å². The van der Waals surface area contributed by atoms with E-state index in [0.29, 0.717) is 5.82 Å². The van der Waals surface area contributed by atoms with Crippen LogP contribution in [-0.2, 0) is 11.3 Å². The maximum atomic E-state index is 11.8. The third-order valence-electron chi connectivity index (χ3n) is 3.59. The smallest absolute Gasteiger partial charge is 0.243 e. The van der Waals surface area contributed by atoms with Crippen molar-refractivity contribution in [3.63, 3.8) is 0 Å². The molecule has 22 heavy (non-hydrogen) atoms. The van der Waals surface area contributed by atoms with Crippen LogP contribution >= 0.6 is 0 Å². The number of carbonyl (C=O) groups is 1. The number of nitrogens with zero attached hydrogens (tertiary/aromatic N) is 4. The first-order chi connectivity index (χ1) is 10.7. The van der Waals surface area contributed by atoms with Gasteiger partial charge in [0, 0.05) is 28.7 Å². The van der Waals surface area contributed by atoms with Crippen molar-refractivity contribution in [3.05, 3.63) is 30.5 Å². The summed E-state index contributed by atoms with van der Waals surface area (Å²) in [6, 6.07) is 8.06. The summed E-state index contributed by atoms with van der Waals surface area (Å²) in [5.41, 5.74) is 1.90. The molecule has 0 aliphatic heterocycles. The normalized spacial score (nSPS) is 12.5. The third kappa shape index (κ3) is 2.83. The van der Waals surface area contributed by atoms with Crippen molar-refractivity contribution >= 4 is 16.8 Å². The number of tetrazole rings is 1. The van der Waals surface area contributed by atoms with Crippen LogP contribution in [0, 0.1) is 0 Å². The molecule has 0 saturated heterocycles. The molecule has 2 aromatic heterocycles. The molecule has 2 heterocycles. The molecule has 7 nitrogen and oxygen atoms in total. The number of hydrogen-bond acceptors (Lipinski definition) is 4. The van der Waals surface area contributed by atoms with E-state index in [1.54, 1.807) is 0 Å². The van der Waals surface area contributed by atoms with Crippen LogP contribution in [0.15, 0.2) is 30.5 Å². The largest absolute Gasteiger partial charge is 0.360 e. The molecule has 1 atom stereocenters. The summed E-state index contributed by atoms with van der Waals surface area (Å²) in [7, 11) is 0. The van der Waals surface area contributed by atoms with Crippen LogP contribution in [0.1, 0.15) is 20.3 Å². The van der Waals surface area contributed by atoms with E-state index in [2.05, 4.69) is 25.7 Å². The van der Waals surface area contributed by atoms with Crippen molar-refractivity contribution in [1.82, 2.24) is 30.5 Å². The Hall–Kier alpha value is -2.70. The van der Waals surface area contributed by atoms with E-state index in [1.165, 1.54) is 4.80 Å². The van der Waals surface area contributed by atoms with Gasteiger partial charge in [-0.15, -0.1) is 10.2 Å². The van der Waals surface area contributed by atoms with Crippen LogP contribution in [0.25, 0.3) is 22.3 Å². The van der Waals surface area contributed by atoms with Crippen molar-refractivity contribution in [2.45, 2.75) is 32.9 Å². The molecule has 3 rings (SSSR count). The molecule has 0 saturated carbocycles. The minimum absolute atomic E-state index is 0.0691.